The number of anilines is 3. The van der Waals surface area contributed by atoms with E-state index < -0.39 is 10.1 Å². The van der Waals surface area contributed by atoms with Crippen molar-refractivity contribution in [2.45, 2.75) is 55.4 Å². The van der Waals surface area contributed by atoms with Crippen LogP contribution in [0.1, 0.15) is 50.1 Å². The molecule has 1 aromatic heterocycles. The van der Waals surface area contributed by atoms with Crippen LogP contribution in [0.2, 0.25) is 0 Å². The van der Waals surface area contributed by atoms with Gasteiger partial charge in [-0.1, -0.05) is 12.8 Å². The highest BCUT2D eigenvalue weighted by molar-refractivity contribution is 7.85. The Morgan fingerprint density at radius 2 is 1.67 bits per heavy atom. The van der Waals surface area contributed by atoms with E-state index >= 15 is 0 Å². The van der Waals surface area contributed by atoms with Crippen LogP contribution in [-0.2, 0) is 10.1 Å². The molecule has 4 rings (SSSR count). The van der Waals surface area contributed by atoms with Gasteiger partial charge in [-0.25, -0.2) is 4.98 Å². The average Bonchev–Trinajstić information content (AvgIpc) is 3.37. The number of hydrazine groups is 1. The summed E-state index contributed by atoms with van der Waals surface area (Å²) in [6.07, 6.45) is 7.10. The molecule has 144 valence electrons. The molecule has 8 nitrogen and oxygen atoms in total. The normalized spacial score (nSPS) is 17.7. The summed E-state index contributed by atoms with van der Waals surface area (Å²) in [4.78, 5) is 9.07. The second-order valence-electron chi connectivity index (χ2n) is 7.15. The van der Waals surface area contributed by atoms with Crippen molar-refractivity contribution < 1.29 is 13.0 Å². The van der Waals surface area contributed by atoms with Gasteiger partial charge in [0.05, 0.1) is 16.3 Å². The first-order valence-electron chi connectivity index (χ1n) is 9.22. The maximum atomic E-state index is 11.1. The van der Waals surface area contributed by atoms with Crippen LogP contribution in [0.3, 0.4) is 0 Å². The summed E-state index contributed by atoms with van der Waals surface area (Å²) < 4.78 is 31.2. The van der Waals surface area contributed by atoms with Gasteiger partial charge in [0.25, 0.3) is 10.1 Å². The third kappa shape index (κ3) is 4.67. The fourth-order valence-corrected chi connectivity index (χ4v) is 3.76. The summed E-state index contributed by atoms with van der Waals surface area (Å²) in [5.41, 5.74) is 7.75. The zero-order chi connectivity index (χ0) is 18.9. The maximum Gasteiger partial charge on any atom is 0.294 e. The van der Waals surface area contributed by atoms with Gasteiger partial charge in [0.2, 0.25) is 5.95 Å². The Hall–Kier alpha value is -2.39. The molecular formula is C18H23N5O3S. The van der Waals surface area contributed by atoms with Gasteiger partial charge < -0.3 is 5.32 Å². The Morgan fingerprint density at radius 1 is 0.963 bits per heavy atom. The van der Waals surface area contributed by atoms with E-state index in [1.54, 1.807) is 12.1 Å². The lowest BCUT2D eigenvalue weighted by molar-refractivity contribution is 0.483. The van der Waals surface area contributed by atoms with Crippen molar-refractivity contribution >= 4 is 27.6 Å². The second-order valence-corrected chi connectivity index (χ2v) is 8.57. The predicted octanol–water partition coefficient (Wildman–Crippen LogP) is 3.39. The summed E-state index contributed by atoms with van der Waals surface area (Å²) >= 11 is 0. The number of aromatic nitrogens is 2. The van der Waals surface area contributed by atoms with Crippen LogP contribution >= 0.6 is 0 Å². The van der Waals surface area contributed by atoms with Crippen molar-refractivity contribution in [2.24, 2.45) is 0 Å². The largest absolute Gasteiger partial charge is 0.351 e. The van der Waals surface area contributed by atoms with E-state index in [1.807, 2.05) is 6.07 Å². The van der Waals surface area contributed by atoms with Crippen molar-refractivity contribution in [3.05, 3.63) is 36.0 Å². The Bertz CT molecular complexity index is 907. The van der Waals surface area contributed by atoms with E-state index in [4.69, 9.17) is 4.55 Å². The predicted molar refractivity (Wildman–Crippen MR) is 103 cm³/mol. The standard InChI is InChI=1S/C18H23N5O3S/c24-27(25,26)15-9-7-14(8-10-15)22-23-17-11-16(12-5-6-12)20-18(21-17)19-13-3-1-2-4-13/h7-13,22H,1-6H2,(H,24,25,26)(H2,19,20,21,23). The van der Waals surface area contributed by atoms with Crippen LogP contribution in [0.25, 0.3) is 0 Å². The first-order valence-corrected chi connectivity index (χ1v) is 10.7. The molecule has 0 atom stereocenters. The third-order valence-corrected chi connectivity index (χ3v) is 5.78. The lowest BCUT2D eigenvalue weighted by Crippen LogP contribution is -2.18. The molecule has 0 spiro atoms. The molecular weight excluding hydrogens is 366 g/mol. The fraction of sp³-hybridized carbons (Fsp3) is 0.444. The summed E-state index contributed by atoms with van der Waals surface area (Å²) in [6.45, 7) is 0. The van der Waals surface area contributed by atoms with Gasteiger partial charge >= 0.3 is 0 Å². The molecule has 27 heavy (non-hydrogen) atoms. The van der Waals surface area contributed by atoms with Crippen molar-refractivity contribution in [3.63, 3.8) is 0 Å². The summed E-state index contributed by atoms with van der Waals surface area (Å²) in [5, 5.41) is 3.44. The summed E-state index contributed by atoms with van der Waals surface area (Å²) in [6, 6.07) is 8.18. The molecule has 9 heteroatoms. The number of nitrogens with zero attached hydrogens (tertiary/aromatic N) is 2. The highest BCUT2D eigenvalue weighted by atomic mass is 32.2. The smallest absolute Gasteiger partial charge is 0.294 e. The number of hydrogen-bond acceptors (Lipinski definition) is 7. The molecule has 2 aromatic rings. The fourth-order valence-electron chi connectivity index (χ4n) is 3.28. The van der Waals surface area contributed by atoms with E-state index in [-0.39, 0.29) is 4.90 Å². The number of benzene rings is 1. The molecule has 0 unspecified atom stereocenters. The zero-order valence-electron chi connectivity index (χ0n) is 14.9. The van der Waals surface area contributed by atoms with Crippen molar-refractivity contribution in [3.8, 4) is 0 Å². The minimum absolute atomic E-state index is 0.144. The SMILES string of the molecule is O=S(=O)(O)c1ccc(NNc2cc(C3CC3)nc(NC3CCCC3)n2)cc1. The molecule has 0 amide bonds. The van der Waals surface area contributed by atoms with Crippen LogP contribution in [0.4, 0.5) is 17.5 Å². The molecule has 0 radical (unpaired) electrons. The average molecular weight is 389 g/mol. The minimum atomic E-state index is -4.19. The van der Waals surface area contributed by atoms with Gasteiger partial charge in [0.1, 0.15) is 5.82 Å². The van der Waals surface area contributed by atoms with Gasteiger partial charge in [-0.3, -0.25) is 15.4 Å². The number of hydrogen-bond donors (Lipinski definition) is 4. The van der Waals surface area contributed by atoms with Crippen LogP contribution in [0.5, 0.6) is 0 Å². The van der Waals surface area contributed by atoms with E-state index in [0.29, 0.717) is 29.4 Å². The second kappa shape index (κ2) is 7.32. The molecule has 1 heterocycles. The van der Waals surface area contributed by atoms with Crippen LogP contribution in [0, 0.1) is 0 Å². The molecule has 0 bridgehead atoms. The van der Waals surface area contributed by atoms with E-state index in [9.17, 15) is 8.42 Å². The number of rotatable bonds is 7. The topological polar surface area (TPSA) is 116 Å². The Morgan fingerprint density at radius 3 is 2.30 bits per heavy atom. The third-order valence-electron chi connectivity index (χ3n) is 4.92. The molecule has 0 aliphatic heterocycles. The highest BCUT2D eigenvalue weighted by Crippen LogP contribution is 2.40. The van der Waals surface area contributed by atoms with Gasteiger partial charge in [0.15, 0.2) is 0 Å². The van der Waals surface area contributed by atoms with Crippen LogP contribution in [0.15, 0.2) is 35.2 Å². The molecule has 2 aliphatic rings. The molecule has 2 aliphatic carbocycles. The molecule has 1 aromatic carbocycles. The Kier molecular flexibility index (Phi) is 4.88. The Balaban J connectivity index is 1.46. The first kappa shape index (κ1) is 18.0. The lowest BCUT2D eigenvalue weighted by atomic mass is 10.2. The molecule has 2 saturated carbocycles. The molecule has 4 N–H and O–H groups in total. The van der Waals surface area contributed by atoms with E-state index in [0.717, 1.165) is 31.4 Å². The lowest BCUT2D eigenvalue weighted by Gasteiger charge is -2.15. The summed E-state index contributed by atoms with van der Waals surface area (Å²) in [5.74, 6) is 1.82. The molecule has 0 saturated heterocycles. The Labute approximate surface area is 158 Å². The highest BCUT2D eigenvalue weighted by Gasteiger charge is 2.26. The number of nitrogens with one attached hydrogen (secondary N) is 3. The quantitative estimate of drug-likeness (QED) is 0.421. The van der Waals surface area contributed by atoms with Gasteiger partial charge in [0, 0.05) is 18.0 Å². The van der Waals surface area contributed by atoms with Crippen LogP contribution < -0.4 is 16.2 Å². The van der Waals surface area contributed by atoms with Crippen LogP contribution in [-0.4, -0.2) is 29.0 Å². The van der Waals surface area contributed by atoms with E-state index in [1.165, 1.54) is 25.0 Å². The zero-order valence-corrected chi connectivity index (χ0v) is 15.7. The van der Waals surface area contributed by atoms with Crippen molar-refractivity contribution in [1.82, 2.24) is 9.97 Å². The first-order chi connectivity index (χ1) is 13.0. The van der Waals surface area contributed by atoms with Gasteiger partial charge in [-0.15, -0.1) is 0 Å². The maximum absolute atomic E-state index is 11.1. The summed E-state index contributed by atoms with van der Waals surface area (Å²) in [7, 11) is -4.19. The minimum Gasteiger partial charge on any atom is -0.351 e. The van der Waals surface area contributed by atoms with Gasteiger partial charge in [-0.2, -0.15) is 13.4 Å². The van der Waals surface area contributed by atoms with Crippen molar-refractivity contribution in [1.29, 1.82) is 0 Å². The van der Waals surface area contributed by atoms with Gasteiger partial charge in [-0.05, 0) is 49.9 Å². The molecule has 2 fully saturated rings. The van der Waals surface area contributed by atoms with E-state index in [2.05, 4.69) is 26.1 Å². The monoisotopic (exact) mass is 389 g/mol. The van der Waals surface area contributed by atoms with Crippen molar-refractivity contribution in [2.75, 3.05) is 16.2 Å².